The fourth-order valence-electron chi connectivity index (χ4n) is 2.92. The summed E-state index contributed by atoms with van der Waals surface area (Å²) in [5.74, 6) is -2.37. The second-order valence-electron chi connectivity index (χ2n) is 6.15. The first-order valence-electron chi connectivity index (χ1n) is 8.42. The summed E-state index contributed by atoms with van der Waals surface area (Å²) in [6.07, 6.45) is 3.25. The van der Waals surface area contributed by atoms with Crippen molar-refractivity contribution in [2.45, 2.75) is 25.3 Å². The van der Waals surface area contributed by atoms with E-state index in [9.17, 15) is 24.3 Å². The van der Waals surface area contributed by atoms with E-state index in [4.69, 9.17) is 0 Å². The minimum Gasteiger partial charge on any atom is -0.480 e. The van der Waals surface area contributed by atoms with Crippen LogP contribution in [0.4, 0.5) is 0 Å². The highest BCUT2D eigenvalue weighted by Crippen LogP contribution is 2.22. The van der Waals surface area contributed by atoms with Crippen molar-refractivity contribution in [1.82, 2.24) is 20.2 Å². The third kappa shape index (κ3) is 4.02. The number of hydrogen-bond donors (Lipinski definition) is 3. The van der Waals surface area contributed by atoms with Gasteiger partial charge in [0.1, 0.15) is 6.04 Å². The Labute approximate surface area is 154 Å². The van der Waals surface area contributed by atoms with Crippen LogP contribution in [0, 0.1) is 0 Å². The van der Waals surface area contributed by atoms with Crippen molar-refractivity contribution < 1.29 is 24.3 Å². The first-order chi connectivity index (χ1) is 13.0. The lowest BCUT2D eigenvalue weighted by Crippen LogP contribution is -2.42. The molecule has 9 nitrogen and oxygen atoms in total. The third-order valence-electron chi connectivity index (χ3n) is 4.28. The number of nitrogens with zero attached hydrogens (tertiary/aromatic N) is 2. The molecule has 1 aliphatic heterocycles. The summed E-state index contributed by atoms with van der Waals surface area (Å²) in [6, 6.07) is 5.47. The molecular formula is C18H18N4O5. The van der Waals surface area contributed by atoms with Gasteiger partial charge in [0.05, 0.1) is 17.5 Å². The number of carbonyl (C=O) groups is 4. The van der Waals surface area contributed by atoms with E-state index in [0.717, 1.165) is 4.90 Å². The number of imidazole rings is 1. The maximum Gasteiger partial charge on any atom is 0.326 e. The molecule has 3 N–H and O–H groups in total. The van der Waals surface area contributed by atoms with Gasteiger partial charge >= 0.3 is 5.97 Å². The maximum absolute atomic E-state index is 12.2. The van der Waals surface area contributed by atoms with E-state index in [2.05, 4.69) is 15.3 Å². The molecule has 27 heavy (non-hydrogen) atoms. The fraction of sp³-hybridized carbons (Fsp3) is 0.278. The molecule has 3 rings (SSSR count). The van der Waals surface area contributed by atoms with Crippen LogP contribution in [0.2, 0.25) is 0 Å². The van der Waals surface area contributed by atoms with Crippen molar-refractivity contribution in [3.8, 4) is 0 Å². The molecule has 9 heteroatoms. The Hall–Kier alpha value is -3.49. The number of fused-ring (bicyclic) bond motifs is 1. The molecule has 1 atom stereocenters. The van der Waals surface area contributed by atoms with Gasteiger partial charge in [-0.25, -0.2) is 9.78 Å². The number of benzene rings is 1. The highest BCUT2D eigenvalue weighted by Gasteiger charge is 2.34. The van der Waals surface area contributed by atoms with Crippen molar-refractivity contribution in [1.29, 1.82) is 0 Å². The minimum atomic E-state index is -1.15. The van der Waals surface area contributed by atoms with E-state index in [-0.39, 0.29) is 37.6 Å². The number of imide groups is 1. The van der Waals surface area contributed by atoms with Crippen molar-refractivity contribution >= 4 is 23.7 Å². The summed E-state index contributed by atoms with van der Waals surface area (Å²) in [7, 11) is 0. The fourth-order valence-corrected chi connectivity index (χ4v) is 2.92. The molecule has 1 aromatic heterocycles. The Morgan fingerprint density at radius 1 is 1.19 bits per heavy atom. The van der Waals surface area contributed by atoms with Gasteiger partial charge in [0.15, 0.2) is 0 Å². The van der Waals surface area contributed by atoms with Crippen LogP contribution in [0.25, 0.3) is 0 Å². The molecule has 3 amide bonds. The molecule has 0 aliphatic carbocycles. The van der Waals surface area contributed by atoms with Gasteiger partial charge in [-0.3, -0.25) is 19.3 Å². The molecular weight excluding hydrogens is 352 g/mol. The zero-order chi connectivity index (χ0) is 19.4. The first kappa shape index (κ1) is 18.3. The lowest BCUT2D eigenvalue weighted by Gasteiger charge is -2.15. The Morgan fingerprint density at radius 3 is 2.41 bits per heavy atom. The summed E-state index contributed by atoms with van der Waals surface area (Å²) in [4.78, 5) is 55.6. The Kier molecular flexibility index (Phi) is 5.30. The van der Waals surface area contributed by atoms with Crippen molar-refractivity contribution in [2.75, 3.05) is 6.54 Å². The molecule has 140 valence electrons. The van der Waals surface area contributed by atoms with Crippen LogP contribution in [0.15, 0.2) is 36.8 Å². The van der Waals surface area contributed by atoms with E-state index in [1.165, 1.54) is 12.5 Å². The number of aliphatic carboxylic acids is 1. The number of aromatic amines is 1. The predicted molar refractivity (Wildman–Crippen MR) is 92.9 cm³/mol. The van der Waals surface area contributed by atoms with Gasteiger partial charge in [0, 0.05) is 31.3 Å². The standard InChI is InChI=1S/C18H18N4O5/c23-15(21-14(18(26)27)8-11-9-19-10-20-11)6-3-7-22-16(24)12-4-1-2-5-13(12)17(22)25/h1-2,4-5,9-10,14H,3,6-8H2,(H,19,20)(H,21,23)(H,26,27)/t14-/m0/s1. The summed E-state index contributed by atoms with van der Waals surface area (Å²) in [5.41, 5.74) is 1.31. The number of amides is 3. The molecule has 0 unspecified atom stereocenters. The molecule has 1 aromatic carbocycles. The maximum atomic E-state index is 12.2. The van der Waals surface area contributed by atoms with Crippen molar-refractivity contribution in [3.63, 3.8) is 0 Å². The smallest absolute Gasteiger partial charge is 0.326 e. The lowest BCUT2D eigenvalue weighted by molar-refractivity contribution is -0.141. The van der Waals surface area contributed by atoms with Gasteiger partial charge in [-0.05, 0) is 18.6 Å². The van der Waals surface area contributed by atoms with Crippen LogP contribution < -0.4 is 5.32 Å². The van der Waals surface area contributed by atoms with Crippen LogP contribution >= 0.6 is 0 Å². The molecule has 2 aromatic rings. The normalized spacial score (nSPS) is 14.1. The molecule has 0 saturated carbocycles. The predicted octanol–water partition coefficient (Wildman–Crippen LogP) is 0.598. The largest absolute Gasteiger partial charge is 0.480 e. The second-order valence-corrected chi connectivity index (χ2v) is 6.15. The van der Waals surface area contributed by atoms with E-state index >= 15 is 0 Å². The van der Waals surface area contributed by atoms with Crippen LogP contribution in [-0.2, 0) is 16.0 Å². The monoisotopic (exact) mass is 370 g/mol. The van der Waals surface area contributed by atoms with Crippen molar-refractivity contribution in [3.05, 3.63) is 53.6 Å². The van der Waals surface area contributed by atoms with Gasteiger partial charge < -0.3 is 15.4 Å². The molecule has 0 saturated heterocycles. The molecule has 0 spiro atoms. The van der Waals surface area contributed by atoms with Crippen LogP contribution in [-0.4, -0.2) is 56.3 Å². The number of aromatic nitrogens is 2. The lowest BCUT2D eigenvalue weighted by atomic mass is 10.1. The Morgan fingerprint density at radius 2 is 1.85 bits per heavy atom. The van der Waals surface area contributed by atoms with E-state index in [1.807, 2.05) is 0 Å². The molecule has 0 fully saturated rings. The van der Waals surface area contributed by atoms with E-state index in [0.29, 0.717) is 16.8 Å². The van der Waals surface area contributed by atoms with Gasteiger partial charge in [-0.1, -0.05) is 12.1 Å². The van der Waals surface area contributed by atoms with E-state index in [1.54, 1.807) is 24.3 Å². The summed E-state index contributed by atoms with van der Waals surface area (Å²) in [6.45, 7) is 0.0953. The molecule has 2 heterocycles. The SMILES string of the molecule is O=C(CCCN1C(=O)c2ccccc2C1=O)N[C@@H](Cc1cnc[nH]1)C(=O)O. The van der Waals surface area contributed by atoms with Gasteiger partial charge in [0.25, 0.3) is 11.8 Å². The number of nitrogens with one attached hydrogen (secondary N) is 2. The Balaban J connectivity index is 1.50. The third-order valence-corrected chi connectivity index (χ3v) is 4.28. The van der Waals surface area contributed by atoms with Crippen LogP contribution in [0.1, 0.15) is 39.3 Å². The average molecular weight is 370 g/mol. The first-order valence-corrected chi connectivity index (χ1v) is 8.42. The van der Waals surface area contributed by atoms with Crippen LogP contribution in [0.5, 0.6) is 0 Å². The molecule has 0 radical (unpaired) electrons. The highest BCUT2D eigenvalue weighted by atomic mass is 16.4. The quantitative estimate of drug-likeness (QED) is 0.583. The number of carboxylic acid groups (broad SMARTS) is 1. The number of carboxylic acids is 1. The van der Waals surface area contributed by atoms with E-state index < -0.39 is 17.9 Å². The van der Waals surface area contributed by atoms with Gasteiger partial charge in [-0.15, -0.1) is 0 Å². The number of rotatable bonds is 8. The number of hydrogen-bond acceptors (Lipinski definition) is 5. The summed E-state index contributed by atoms with van der Waals surface area (Å²) >= 11 is 0. The molecule has 1 aliphatic rings. The summed E-state index contributed by atoms with van der Waals surface area (Å²) in [5, 5.41) is 11.7. The average Bonchev–Trinajstić information content (AvgIpc) is 3.24. The van der Waals surface area contributed by atoms with Gasteiger partial charge in [-0.2, -0.15) is 0 Å². The zero-order valence-corrected chi connectivity index (χ0v) is 14.3. The van der Waals surface area contributed by atoms with Gasteiger partial charge in [0.2, 0.25) is 5.91 Å². The summed E-state index contributed by atoms with van der Waals surface area (Å²) < 4.78 is 0. The number of carbonyl (C=O) groups excluding carboxylic acids is 3. The topological polar surface area (TPSA) is 132 Å². The minimum absolute atomic E-state index is 0.000160. The van der Waals surface area contributed by atoms with Crippen molar-refractivity contribution in [2.24, 2.45) is 0 Å². The van der Waals surface area contributed by atoms with Crippen LogP contribution in [0.3, 0.4) is 0 Å². The Bertz CT molecular complexity index is 843. The second kappa shape index (κ2) is 7.81. The number of H-pyrrole nitrogens is 1. The molecule has 0 bridgehead atoms. The zero-order valence-electron chi connectivity index (χ0n) is 14.3. The highest BCUT2D eigenvalue weighted by molar-refractivity contribution is 6.21.